The molecule has 0 fully saturated rings. The normalized spacial score (nSPS) is 10.3. The maximum Gasteiger partial charge on any atom is 0.224 e. The van der Waals surface area contributed by atoms with E-state index in [1.54, 1.807) is 31.4 Å². The molecule has 1 N–H and O–H groups in total. The third-order valence-electron chi connectivity index (χ3n) is 4.10. The van der Waals surface area contributed by atoms with Crippen LogP contribution >= 0.6 is 0 Å². The summed E-state index contributed by atoms with van der Waals surface area (Å²) in [6.45, 7) is 4.00. The van der Waals surface area contributed by atoms with Gasteiger partial charge in [-0.05, 0) is 61.7 Å². The third kappa shape index (κ3) is 4.69. The summed E-state index contributed by atoms with van der Waals surface area (Å²) in [4.78, 5) is 24.1. The zero-order valence-corrected chi connectivity index (χ0v) is 14.4. The lowest BCUT2D eigenvalue weighted by molar-refractivity contribution is -0.116. The van der Waals surface area contributed by atoms with Crippen LogP contribution in [0.15, 0.2) is 42.5 Å². The number of hydrogen-bond acceptors (Lipinski definition) is 3. The Bertz CT molecular complexity index is 720. The van der Waals surface area contributed by atoms with Crippen LogP contribution in [0.5, 0.6) is 5.75 Å². The molecule has 0 aliphatic rings. The average Bonchev–Trinajstić information content (AvgIpc) is 2.59. The summed E-state index contributed by atoms with van der Waals surface area (Å²) < 4.78 is 5.07. The number of carbonyl (C=O) groups excluding carboxylic acids is 2. The van der Waals surface area contributed by atoms with Gasteiger partial charge in [-0.25, -0.2) is 0 Å². The molecule has 2 rings (SSSR count). The Morgan fingerprint density at radius 1 is 1.00 bits per heavy atom. The molecule has 2 aromatic rings. The van der Waals surface area contributed by atoms with Crippen LogP contribution in [-0.2, 0) is 4.79 Å². The maximum absolute atomic E-state index is 12.1. The Kier molecular flexibility index (Phi) is 6.13. The van der Waals surface area contributed by atoms with E-state index in [1.807, 2.05) is 32.0 Å². The standard InChI is InChI=1S/C20H23NO3/c1-14-6-4-7-18(15(14)2)21-20(23)9-5-8-19(22)16-10-12-17(24-3)13-11-16/h4,6-7,10-13H,5,8-9H2,1-3H3,(H,21,23). The van der Waals surface area contributed by atoms with Crippen LogP contribution in [0, 0.1) is 13.8 Å². The van der Waals surface area contributed by atoms with E-state index in [2.05, 4.69) is 5.32 Å². The van der Waals surface area contributed by atoms with Crippen LogP contribution < -0.4 is 10.1 Å². The lowest BCUT2D eigenvalue weighted by Crippen LogP contribution is -2.13. The molecular weight excluding hydrogens is 302 g/mol. The van der Waals surface area contributed by atoms with Gasteiger partial charge in [-0.1, -0.05) is 12.1 Å². The Morgan fingerprint density at radius 2 is 1.71 bits per heavy atom. The molecule has 2 aromatic carbocycles. The van der Waals surface area contributed by atoms with Gasteiger partial charge in [0.1, 0.15) is 5.75 Å². The molecule has 1 amide bonds. The molecule has 0 atom stereocenters. The Morgan fingerprint density at radius 3 is 2.38 bits per heavy atom. The van der Waals surface area contributed by atoms with Crippen LogP contribution in [-0.4, -0.2) is 18.8 Å². The van der Waals surface area contributed by atoms with Crippen molar-refractivity contribution in [1.82, 2.24) is 0 Å². The highest BCUT2D eigenvalue weighted by molar-refractivity contribution is 5.97. The molecule has 0 unspecified atom stereocenters. The van der Waals surface area contributed by atoms with Crippen LogP contribution in [0.4, 0.5) is 5.69 Å². The quantitative estimate of drug-likeness (QED) is 0.772. The molecule has 4 nitrogen and oxygen atoms in total. The van der Waals surface area contributed by atoms with Crippen molar-refractivity contribution < 1.29 is 14.3 Å². The maximum atomic E-state index is 12.1. The number of Topliss-reactive ketones (excluding diaryl/α,β-unsaturated/α-hetero) is 1. The molecule has 0 heterocycles. The predicted molar refractivity (Wildman–Crippen MR) is 95.7 cm³/mol. The number of anilines is 1. The first kappa shape index (κ1) is 17.7. The number of ether oxygens (including phenoxy) is 1. The van der Waals surface area contributed by atoms with E-state index < -0.39 is 0 Å². The number of ketones is 1. The fourth-order valence-electron chi connectivity index (χ4n) is 2.43. The summed E-state index contributed by atoms with van der Waals surface area (Å²) in [5.74, 6) is 0.697. The number of aryl methyl sites for hydroxylation is 1. The molecule has 0 saturated carbocycles. The van der Waals surface area contributed by atoms with Gasteiger partial charge in [0.05, 0.1) is 7.11 Å². The van der Waals surface area contributed by atoms with E-state index >= 15 is 0 Å². The van der Waals surface area contributed by atoms with Crippen molar-refractivity contribution in [1.29, 1.82) is 0 Å². The van der Waals surface area contributed by atoms with Crippen LogP contribution in [0.1, 0.15) is 40.7 Å². The summed E-state index contributed by atoms with van der Waals surface area (Å²) in [5.41, 5.74) is 3.69. The van der Waals surface area contributed by atoms with Gasteiger partial charge in [0, 0.05) is 24.1 Å². The Balaban J connectivity index is 1.81. The minimum absolute atomic E-state index is 0.0391. The van der Waals surface area contributed by atoms with Gasteiger partial charge in [-0.15, -0.1) is 0 Å². The Labute approximate surface area is 142 Å². The number of benzene rings is 2. The van der Waals surface area contributed by atoms with Gasteiger partial charge in [0.15, 0.2) is 5.78 Å². The molecular formula is C20H23NO3. The molecule has 0 aromatic heterocycles. The van der Waals surface area contributed by atoms with Crippen molar-refractivity contribution in [3.8, 4) is 5.75 Å². The molecule has 0 saturated heterocycles. The highest BCUT2D eigenvalue weighted by Crippen LogP contribution is 2.19. The Hall–Kier alpha value is -2.62. The summed E-state index contributed by atoms with van der Waals surface area (Å²) >= 11 is 0. The SMILES string of the molecule is COc1ccc(C(=O)CCCC(=O)Nc2cccc(C)c2C)cc1. The van der Waals surface area contributed by atoms with Crippen molar-refractivity contribution >= 4 is 17.4 Å². The van der Waals surface area contributed by atoms with Crippen molar-refractivity contribution in [2.24, 2.45) is 0 Å². The number of methoxy groups -OCH3 is 1. The van der Waals surface area contributed by atoms with Gasteiger partial charge >= 0.3 is 0 Å². The largest absolute Gasteiger partial charge is 0.497 e. The molecule has 0 radical (unpaired) electrons. The predicted octanol–water partition coefficient (Wildman–Crippen LogP) is 4.30. The number of hydrogen-bond donors (Lipinski definition) is 1. The number of amides is 1. The van der Waals surface area contributed by atoms with Crippen molar-refractivity contribution in [2.75, 3.05) is 12.4 Å². The molecule has 0 spiro atoms. The van der Waals surface area contributed by atoms with Gasteiger partial charge in [-0.3, -0.25) is 9.59 Å². The van der Waals surface area contributed by atoms with Crippen LogP contribution in [0.2, 0.25) is 0 Å². The molecule has 0 aliphatic heterocycles. The van der Waals surface area contributed by atoms with E-state index in [0.29, 0.717) is 24.8 Å². The number of rotatable bonds is 7. The lowest BCUT2D eigenvalue weighted by Gasteiger charge is -2.10. The van der Waals surface area contributed by atoms with E-state index in [4.69, 9.17) is 4.74 Å². The highest BCUT2D eigenvalue weighted by atomic mass is 16.5. The summed E-state index contributed by atoms with van der Waals surface area (Å²) in [6, 6.07) is 12.8. The van der Waals surface area contributed by atoms with Gasteiger partial charge in [0.2, 0.25) is 5.91 Å². The third-order valence-corrected chi connectivity index (χ3v) is 4.10. The van der Waals surface area contributed by atoms with E-state index in [0.717, 1.165) is 22.6 Å². The van der Waals surface area contributed by atoms with E-state index in [1.165, 1.54) is 0 Å². The summed E-state index contributed by atoms with van der Waals surface area (Å²) in [7, 11) is 1.59. The first-order chi connectivity index (χ1) is 11.5. The summed E-state index contributed by atoms with van der Waals surface area (Å²) in [6.07, 6.45) is 1.21. The second-order valence-electron chi connectivity index (χ2n) is 5.80. The molecule has 0 aliphatic carbocycles. The molecule has 24 heavy (non-hydrogen) atoms. The topological polar surface area (TPSA) is 55.4 Å². The van der Waals surface area contributed by atoms with Gasteiger partial charge < -0.3 is 10.1 Å². The van der Waals surface area contributed by atoms with Gasteiger partial charge in [0.25, 0.3) is 0 Å². The zero-order valence-electron chi connectivity index (χ0n) is 14.4. The van der Waals surface area contributed by atoms with Crippen LogP contribution in [0.3, 0.4) is 0 Å². The van der Waals surface area contributed by atoms with E-state index in [9.17, 15) is 9.59 Å². The zero-order chi connectivity index (χ0) is 17.5. The van der Waals surface area contributed by atoms with Crippen molar-refractivity contribution in [3.05, 3.63) is 59.2 Å². The second kappa shape index (κ2) is 8.29. The first-order valence-electron chi connectivity index (χ1n) is 8.04. The second-order valence-corrected chi connectivity index (χ2v) is 5.80. The van der Waals surface area contributed by atoms with Crippen LogP contribution in [0.25, 0.3) is 0 Å². The fourth-order valence-corrected chi connectivity index (χ4v) is 2.43. The molecule has 4 heteroatoms. The lowest BCUT2D eigenvalue weighted by atomic mass is 10.0. The minimum Gasteiger partial charge on any atom is -0.497 e. The number of nitrogens with one attached hydrogen (secondary N) is 1. The number of carbonyl (C=O) groups is 2. The van der Waals surface area contributed by atoms with Crippen molar-refractivity contribution in [2.45, 2.75) is 33.1 Å². The molecule has 0 bridgehead atoms. The first-order valence-corrected chi connectivity index (χ1v) is 8.04. The highest BCUT2D eigenvalue weighted by Gasteiger charge is 2.09. The van der Waals surface area contributed by atoms with Crippen molar-refractivity contribution in [3.63, 3.8) is 0 Å². The van der Waals surface area contributed by atoms with E-state index in [-0.39, 0.29) is 11.7 Å². The smallest absolute Gasteiger partial charge is 0.224 e. The molecule has 126 valence electrons. The monoisotopic (exact) mass is 325 g/mol. The summed E-state index contributed by atoms with van der Waals surface area (Å²) in [5, 5.41) is 2.91. The van der Waals surface area contributed by atoms with Gasteiger partial charge in [-0.2, -0.15) is 0 Å². The fraction of sp³-hybridized carbons (Fsp3) is 0.300. The average molecular weight is 325 g/mol. The minimum atomic E-state index is -0.0637.